The lowest BCUT2D eigenvalue weighted by molar-refractivity contribution is 0.0602. The van der Waals surface area contributed by atoms with E-state index in [9.17, 15) is 13.2 Å². The summed E-state index contributed by atoms with van der Waals surface area (Å²) in [4.78, 5) is 15.7. The first-order chi connectivity index (χ1) is 11.4. The SMILES string of the molecule is COC(=O)c1ccc(Cl)cc1NS(=O)(=O)c1nccc2sncc12. The Morgan fingerprint density at radius 2 is 2.12 bits per heavy atom. The summed E-state index contributed by atoms with van der Waals surface area (Å²) in [6, 6.07) is 5.85. The van der Waals surface area contributed by atoms with Crippen LogP contribution < -0.4 is 4.72 Å². The highest BCUT2D eigenvalue weighted by Crippen LogP contribution is 2.28. The summed E-state index contributed by atoms with van der Waals surface area (Å²) in [5.74, 6) is -0.687. The molecule has 0 saturated carbocycles. The molecular weight excluding hydrogens is 374 g/mol. The topological polar surface area (TPSA) is 98.2 Å². The smallest absolute Gasteiger partial charge is 0.339 e. The third-order valence-corrected chi connectivity index (χ3v) is 5.45. The molecule has 0 atom stereocenters. The van der Waals surface area contributed by atoms with Crippen molar-refractivity contribution >= 4 is 54.9 Å². The molecule has 0 spiro atoms. The second kappa shape index (κ2) is 6.34. The van der Waals surface area contributed by atoms with Gasteiger partial charge in [-0.3, -0.25) is 4.72 Å². The number of benzene rings is 1. The lowest BCUT2D eigenvalue weighted by Gasteiger charge is -2.12. The van der Waals surface area contributed by atoms with E-state index in [0.29, 0.717) is 10.1 Å². The van der Waals surface area contributed by atoms with E-state index in [-0.39, 0.29) is 21.3 Å². The number of anilines is 1. The molecule has 3 rings (SSSR count). The van der Waals surface area contributed by atoms with Crippen LogP contribution in [0.5, 0.6) is 0 Å². The Morgan fingerprint density at radius 1 is 1.33 bits per heavy atom. The molecule has 7 nitrogen and oxygen atoms in total. The first kappa shape index (κ1) is 16.6. The Hall–Kier alpha value is -2.23. The average Bonchev–Trinajstić information content (AvgIpc) is 3.02. The van der Waals surface area contributed by atoms with Crippen LogP contribution >= 0.6 is 23.1 Å². The highest BCUT2D eigenvalue weighted by Gasteiger charge is 2.23. The molecule has 0 saturated heterocycles. The van der Waals surface area contributed by atoms with Crippen LogP contribution in [0.25, 0.3) is 10.1 Å². The Labute approximate surface area is 146 Å². The van der Waals surface area contributed by atoms with Crippen molar-refractivity contribution in [2.45, 2.75) is 5.03 Å². The molecule has 0 fully saturated rings. The molecule has 0 aliphatic carbocycles. The van der Waals surface area contributed by atoms with Crippen LogP contribution in [0.4, 0.5) is 5.69 Å². The largest absolute Gasteiger partial charge is 0.465 e. The van der Waals surface area contributed by atoms with Gasteiger partial charge in [0.25, 0.3) is 10.0 Å². The van der Waals surface area contributed by atoms with Crippen LogP contribution in [-0.2, 0) is 14.8 Å². The summed E-state index contributed by atoms with van der Waals surface area (Å²) in [6.45, 7) is 0. The van der Waals surface area contributed by atoms with Gasteiger partial charge in [0.15, 0.2) is 5.03 Å². The number of ether oxygens (including phenoxy) is 1. The third-order valence-electron chi connectivity index (χ3n) is 3.13. The number of methoxy groups -OCH3 is 1. The molecule has 0 unspecified atom stereocenters. The van der Waals surface area contributed by atoms with E-state index in [2.05, 4.69) is 18.8 Å². The number of nitrogens with zero attached hydrogens (tertiary/aromatic N) is 2. The predicted octanol–water partition coefficient (Wildman–Crippen LogP) is 2.93. The first-order valence-electron chi connectivity index (χ1n) is 6.52. The number of aromatic nitrogens is 2. The van der Waals surface area contributed by atoms with Gasteiger partial charge in [0.1, 0.15) is 0 Å². The van der Waals surface area contributed by atoms with Gasteiger partial charge in [-0.2, -0.15) is 12.8 Å². The van der Waals surface area contributed by atoms with Gasteiger partial charge in [0.2, 0.25) is 0 Å². The van der Waals surface area contributed by atoms with Crippen molar-refractivity contribution in [2.75, 3.05) is 11.8 Å². The molecule has 1 aromatic carbocycles. The molecule has 0 bridgehead atoms. The summed E-state index contributed by atoms with van der Waals surface area (Å²) >= 11 is 7.07. The van der Waals surface area contributed by atoms with E-state index in [0.717, 1.165) is 11.5 Å². The van der Waals surface area contributed by atoms with Crippen LogP contribution in [0.15, 0.2) is 41.7 Å². The van der Waals surface area contributed by atoms with Gasteiger partial charge in [0.05, 0.1) is 34.6 Å². The number of hydrogen-bond donors (Lipinski definition) is 1. The van der Waals surface area contributed by atoms with Gasteiger partial charge in [-0.1, -0.05) is 11.6 Å². The Bertz CT molecular complexity index is 1030. The van der Waals surface area contributed by atoms with Crippen molar-refractivity contribution in [1.82, 2.24) is 9.36 Å². The van der Waals surface area contributed by atoms with Gasteiger partial charge < -0.3 is 4.74 Å². The second-order valence-corrected chi connectivity index (χ2v) is 7.51. The minimum atomic E-state index is -4.05. The zero-order chi connectivity index (χ0) is 17.3. The van der Waals surface area contributed by atoms with Crippen LogP contribution in [0.1, 0.15) is 10.4 Å². The van der Waals surface area contributed by atoms with Crippen LogP contribution in [0.3, 0.4) is 0 Å². The number of carbonyl (C=O) groups is 1. The van der Waals surface area contributed by atoms with Crippen LogP contribution in [0, 0.1) is 0 Å². The van der Waals surface area contributed by atoms with Crippen molar-refractivity contribution < 1.29 is 17.9 Å². The molecule has 0 amide bonds. The highest BCUT2D eigenvalue weighted by molar-refractivity contribution is 7.92. The van der Waals surface area contributed by atoms with Crippen molar-refractivity contribution in [1.29, 1.82) is 0 Å². The second-order valence-electron chi connectivity index (χ2n) is 4.64. The first-order valence-corrected chi connectivity index (χ1v) is 9.16. The third kappa shape index (κ3) is 3.05. The quantitative estimate of drug-likeness (QED) is 0.695. The molecule has 10 heteroatoms. The lowest BCUT2D eigenvalue weighted by Crippen LogP contribution is -2.17. The van der Waals surface area contributed by atoms with E-state index in [1.807, 2.05) is 0 Å². The molecule has 1 N–H and O–H groups in total. The monoisotopic (exact) mass is 383 g/mol. The number of hydrogen-bond acceptors (Lipinski definition) is 7. The molecule has 0 aliphatic heterocycles. The summed E-state index contributed by atoms with van der Waals surface area (Å²) in [5.41, 5.74) is 0.0532. The van der Waals surface area contributed by atoms with Crippen LogP contribution in [-0.4, -0.2) is 30.9 Å². The molecule has 24 heavy (non-hydrogen) atoms. The van der Waals surface area contributed by atoms with Crippen molar-refractivity contribution in [3.05, 3.63) is 47.2 Å². The molecule has 2 heterocycles. The number of esters is 1. The van der Waals surface area contributed by atoms with Gasteiger partial charge in [-0.25, -0.2) is 9.78 Å². The maximum absolute atomic E-state index is 12.7. The molecule has 0 aliphatic rings. The van der Waals surface area contributed by atoms with Crippen molar-refractivity contribution in [2.24, 2.45) is 0 Å². The Kier molecular flexibility index (Phi) is 4.39. The fraction of sp³-hybridized carbons (Fsp3) is 0.0714. The fourth-order valence-corrected chi connectivity index (χ4v) is 4.15. The molecule has 3 aromatic rings. The Balaban J connectivity index is 2.09. The Morgan fingerprint density at radius 3 is 2.88 bits per heavy atom. The van der Waals surface area contributed by atoms with Crippen molar-refractivity contribution in [3.63, 3.8) is 0 Å². The van der Waals surface area contributed by atoms with E-state index >= 15 is 0 Å². The minimum absolute atomic E-state index is 0.0105. The zero-order valence-corrected chi connectivity index (χ0v) is 14.6. The number of rotatable bonds is 4. The van der Waals surface area contributed by atoms with Gasteiger partial charge in [0, 0.05) is 11.2 Å². The van der Waals surface area contributed by atoms with E-state index < -0.39 is 16.0 Å². The van der Waals surface area contributed by atoms with Crippen molar-refractivity contribution in [3.8, 4) is 0 Å². The molecule has 124 valence electrons. The number of pyridine rings is 1. The lowest BCUT2D eigenvalue weighted by atomic mass is 10.2. The number of nitrogens with one attached hydrogen (secondary N) is 1. The number of fused-ring (bicyclic) bond motifs is 1. The summed E-state index contributed by atoms with van der Waals surface area (Å²) in [6.07, 6.45) is 2.81. The normalized spacial score (nSPS) is 11.4. The summed E-state index contributed by atoms with van der Waals surface area (Å²) in [5, 5.41) is 0.491. The highest BCUT2D eigenvalue weighted by atomic mass is 35.5. The summed E-state index contributed by atoms with van der Waals surface area (Å²) in [7, 11) is -2.85. The standard InChI is InChI=1S/C14H10ClN3O4S2/c1-22-14(19)9-3-2-8(15)6-11(9)18-24(20,21)13-10-7-17-23-12(10)4-5-16-13/h2-7,18H,1H3. The maximum atomic E-state index is 12.7. The van der Waals surface area contributed by atoms with Gasteiger partial charge >= 0.3 is 5.97 Å². The molecule has 2 aromatic heterocycles. The fourth-order valence-electron chi connectivity index (χ4n) is 2.07. The minimum Gasteiger partial charge on any atom is -0.465 e. The average molecular weight is 384 g/mol. The molecule has 0 radical (unpaired) electrons. The number of carbonyl (C=O) groups excluding carboxylic acids is 1. The maximum Gasteiger partial charge on any atom is 0.339 e. The number of sulfonamides is 1. The zero-order valence-electron chi connectivity index (χ0n) is 12.2. The van der Waals surface area contributed by atoms with E-state index in [1.54, 1.807) is 6.07 Å². The summed E-state index contributed by atoms with van der Waals surface area (Å²) < 4.78 is 37.0. The van der Waals surface area contributed by atoms with Crippen LogP contribution in [0.2, 0.25) is 5.02 Å². The number of halogens is 1. The van der Waals surface area contributed by atoms with E-state index in [4.69, 9.17) is 11.6 Å². The van der Waals surface area contributed by atoms with E-state index in [1.165, 1.54) is 37.7 Å². The molecular formula is C14H10ClN3O4S2. The van der Waals surface area contributed by atoms with Gasteiger partial charge in [-0.05, 0) is 35.8 Å². The van der Waals surface area contributed by atoms with Gasteiger partial charge in [-0.15, -0.1) is 0 Å². The predicted molar refractivity (Wildman–Crippen MR) is 91.0 cm³/mol.